The van der Waals surface area contributed by atoms with Gasteiger partial charge in [0.15, 0.2) is 0 Å². The highest BCUT2D eigenvalue weighted by atomic mass is 32.2. The predicted octanol–water partition coefficient (Wildman–Crippen LogP) is 3.16. The number of aromatic nitrogens is 1. The van der Waals surface area contributed by atoms with Gasteiger partial charge in [0.1, 0.15) is 5.54 Å². The van der Waals surface area contributed by atoms with Gasteiger partial charge in [-0.1, -0.05) is 6.92 Å². The molecule has 2 N–H and O–H groups in total. The van der Waals surface area contributed by atoms with E-state index in [9.17, 15) is 9.90 Å². The number of aliphatic carboxylic acids is 1. The number of hydrogen-bond acceptors (Lipinski definition) is 4. The van der Waals surface area contributed by atoms with Crippen LogP contribution in [0.25, 0.3) is 0 Å². The number of carboxylic acid groups (broad SMARTS) is 1. The Morgan fingerprint density at radius 1 is 1.52 bits per heavy atom. The van der Waals surface area contributed by atoms with E-state index in [1.807, 2.05) is 13.0 Å². The number of carboxylic acids is 1. The van der Waals surface area contributed by atoms with Gasteiger partial charge in [-0.2, -0.15) is 0 Å². The first-order chi connectivity index (χ1) is 9.78. The molecule has 21 heavy (non-hydrogen) atoms. The van der Waals surface area contributed by atoms with Crippen LogP contribution in [0, 0.1) is 13.8 Å². The summed E-state index contributed by atoms with van der Waals surface area (Å²) in [7, 11) is 0. The molecule has 0 radical (unpaired) electrons. The second-order valence-electron chi connectivity index (χ2n) is 6.31. The first-order valence-electron chi connectivity index (χ1n) is 7.41. The summed E-state index contributed by atoms with van der Waals surface area (Å²) < 4.78 is 0. The average molecular weight is 308 g/mol. The van der Waals surface area contributed by atoms with Crippen LogP contribution in [0.5, 0.6) is 0 Å². The largest absolute Gasteiger partial charge is 0.480 e. The van der Waals surface area contributed by atoms with Crippen molar-refractivity contribution in [3.8, 4) is 0 Å². The highest BCUT2D eigenvalue weighted by Gasteiger charge is 2.39. The smallest absolute Gasteiger partial charge is 0.323 e. The van der Waals surface area contributed by atoms with Gasteiger partial charge >= 0.3 is 5.97 Å². The first kappa shape index (κ1) is 16.3. The number of hydrogen-bond donors (Lipinski definition) is 2. The molecule has 0 amide bonds. The van der Waals surface area contributed by atoms with Gasteiger partial charge in [0, 0.05) is 17.0 Å². The maximum atomic E-state index is 11.6. The van der Waals surface area contributed by atoms with Gasteiger partial charge in [0.2, 0.25) is 0 Å². The lowest BCUT2D eigenvalue weighted by Crippen LogP contribution is -2.51. The van der Waals surface area contributed by atoms with Crippen molar-refractivity contribution in [3.05, 3.63) is 23.4 Å². The fraction of sp³-hybridized carbons (Fsp3) is 0.625. The second-order valence-corrected chi connectivity index (χ2v) is 7.77. The third kappa shape index (κ3) is 4.71. The Hall–Kier alpha value is -1.07. The number of carbonyl (C=O) groups is 1. The molecule has 1 heterocycles. The standard InChI is InChI=1S/C16H24N2O2S/c1-10-7-11(2)17-14(8-10)21-12(3)9-16(4,15(19)20)18-13-5-6-13/h7-8,12-13,18H,5-6,9H2,1-4H3,(H,19,20). The second kappa shape index (κ2) is 6.36. The lowest BCUT2D eigenvalue weighted by molar-refractivity contribution is -0.144. The molecule has 2 rings (SSSR count). The molecule has 2 atom stereocenters. The number of rotatable bonds is 7. The zero-order valence-electron chi connectivity index (χ0n) is 13.1. The number of thioether (sulfide) groups is 1. The number of pyridine rings is 1. The van der Waals surface area contributed by atoms with Crippen molar-refractivity contribution in [1.29, 1.82) is 0 Å². The molecular weight excluding hydrogens is 284 g/mol. The highest BCUT2D eigenvalue weighted by molar-refractivity contribution is 7.99. The van der Waals surface area contributed by atoms with Crippen LogP contribution in [0.3, 0.4) is 0 Å². The minimum atomic E-state index is -0.855. The van der Waals surface area contributed by atoms with E-state index in [1.165, 1.54) is 5.56 Å². The molecule has 1 aliphatic carbocycles. The summed E-state index contributed by atoms with van der Waals surface area (Å²) in [6.07, 6.45) is 2.75. The monoisotopic (exact) mass is 308 g/mol. The van der Waals surface area contributed by atoms with Crippen LogP contribution in [0.2, 0.25) is 0 Å². The summed E-state index contributed by atoms with van der Waals surface area (Å²) >= 11 is 1.65. The van der Waals surface area contributed by atoms with Crippen molar-refractivity contribution in [2.45, 2.75) is 68.8 Å². The van der Waals surface area contributed by atoms with E-state index in [1.54, 1.807) is 18.7 Å². The third-order valence-electron chi connectivity index (χ3n) is 3.66. The van der Waals surface area contributed by atoms with Crippen molar-refractivity contribution in [3.63, 3.8) is 0 Å². The van der Waals surface area contributed by atoms with E-state index in [0.717, 1.165) is 23.6 Å². The topological polar surface area (TPSA) is 62.2 Å². The van der Waals surface area contributed by atoms with Gasteiger partial charge < -0.3 is 5.11 Å². The lowest BCUT2D eigenvalue weighted by atomic mass is 9.96. The molecule has 1 fully saturated rings. The van der Waals surface area contributed by atoms with E-state index in [-0.39, 0.29) is 5.25 Å². The van der Waals surface area contributed by atoms with Crippen LogP contribution in [0.4, 0.5) is 0 Å². The molecule has 2 unspecified atom stereocenters. The molecule has 1 saturated carbocycles. The minimum Gasteiger partial charge on any atom is -0.480 e. The third-order valence-corrected chi connectivity index (χ3v) is 4.68. The maximum absolute atomic E-state index is 11.6. The van der Waals surface area contributed by atoms with Crippen LogP contribution in [0.1, 0.15) is 44.4 Å². The molecule has 1 aliphatic rings. The number of aryl methyl sites for hydroxylation is 2. The van der Waals surface area contributed by atoms with E-state index < -0.39 is 11.5 Å². The molecule has 4 nitrogen and oxygen atoms in total. The Labute approximate surface area is 130 Å². The lowest BCUT2D eigenvalue weighted by Gasteiger charge is -2.29. The molecular formula is C16H24N2O2S. The van der Waals surface area contributed by atoms with Crippen molar-refractivity contribution >= 4 is 17.7 Å². The van der Waals surface area contributed by atoms with E-state index in [0.29, 0.717) is 12.5 Å². The quantitative estimate of drug-likeness (QED) is 0.758. The summed E-state index contributed by atoms with van der Waals surface area (Å²) in [6, 6.07) is 4.48. The van der Waals surface area contributed by atoms with Crippen LogP contribution < -0.4 is 5.32 Å². The van der Waals surface area contributed by atoms with Crippen LogP contribution in [-0.2, 0) is 4.79 Å². The maximum Gasteiger partial charge on any atom is 0.323 e. The number of nitrogens with one attached hydrogen (secondary N) is 1. The summed E-state index contributed by atoms with van der Waals surface area (Å²) in [5.74, 6) is -0.768. The average Bonchev–Trinajstić information content (AvgIpc) is 3.10. The zero-order chi connectivity index (χ0) is 15.6. The fourth-order valence-electron chi connectivity index (χ4n) is 2.57. The number of nitrogens with zero attached hydrogens (tertiary/aromatic N) is 1. The van der Waals surface area contributed by atoms with Crippen LogP contribution >= 0.6 is 11.8 Å². The van der Waals surface area contributed by atoms with Gasteiger partial charge in [-0.25, -0.2) is 4.98 Å². The summed E-state index contributed by atoms with van der Waals surface area (Å²) in [5.41, 5.74) is 1.34. The van der Waals surface area contributed by atoms with Gasteiger partial charge in [0.25, 0.3) is 0 Å². The van der Waals surface area contributed by atoms with E-state index in [2.05, 4.69) is 30.2 Å². The first-order valence-corrected chi connectivity index (χ1v) is 8.29. The molecule has 1 aromatic heterocycles. The Morgan fingerprint density at radius 3 is 2.71 bits per heavy atom. The molecule has 5 heteroatoms. The predicted molar refractivity (Wildman–Crippen MR) is 85.8 cm³/mol. The molecule has 116 valence electrons. The zero-order valence-corrected chi connectivity index (χ0v) is 14.0. The molecule has 0 saturated heterocycles. The molecule has 1 aromatic rings. The van der Waals surface area contributed by atoms with Gasteiger partial charge in [0.05, 0.1) is 5.03 Å². The van der Waals surface area contributed by atoms with Gasteiger partial charge in [-0.3, -0.25) is 10.1 Å². The summed E-state index contributed by atoms with van der Waals surface area (Å²) in [5, 5.41) is 14.0. The molecule has 0 aliphatic heterocycles. The molecule has 0 spiro atoms. The van der Waals surface area contributed by atoms with Gasteiger partial charge in [-0.15, -0.1) is 11.8 Å². The van der Waals surface area contributed by atoms with Crippen molar-refractivity contribution < 1.29 is 9.90 Å². The van der Waals surface area contributed by atoms with Crippen LogP contribution in [-0.4, -0.2) is 32.9 Å². The summed E-state index contributed by atoms with van der Waals surface area (Å²) in [6.45, 7) is 7.90. The SMILES string of the molecule is Cc1cc(C)nc(SC(C)CC(C)(NC2CC2)C(=O)O)c1. The Bertz CT molecular complexity index is 511. The molecule has 0 aromatic carbocycles. The van der Waals surface area contributed by atoms with E-state index >= 15 is 0 Å². The van der Waals surface area contributed by atoms with Gasteiger partial charge in [-0.05, 0) is 57.7 Å². The summed E-state index contributed by atoms with van der Waals surface area (Å²) in [4.78, 5) is 16.1. The Morgan fingerprint density at radius 2 is 2.19 bits per heavy atom. The Kier molecular flexibility index (Phi) is 4.94. The van der Waals surface area contributed by atoms with Crippen LogP contribution in [0.15, 0.2) is 17.2 Å². The van der Waals surface area contributed by atoms with Crippen molar-refractivity contribution in [1.82, 2.24) is 10.3 Å². The minimum absolute atomic E-state index is 0.186. The molecule has 0 bridgehead atoms. The normalized spacial score (nSPS) is 19.0. The van der Waals surface area contributed by atoms with Crippen molar-refractivity contribution in [2.75, 3.05) is 0 Å². The van der Waals surface area contributed by atoms with Crippen molar-refractivity contribution in [2.24, 2.45) is 0 Å². The van der Waals surface area contributed by atoms with E-state index in [4.69, 9.17) is 0 Å². The Balaban J connectivity index is 2.01. The highest BCUT2D eigenvalue weighted by Crippen LogP contribution is 2.31. The fourth-order valence-corrected chi connectivity index (χ4v) is 3.85.